The highest BCUT2D eigenvalue weighted by molar-refractivity contribution is 6.20. The Labute approximate surface area is 111 Å². The number of amides is 3. The lowest BCUT2D eigenvalue weighted by Gasteiger charge is -2.21. The average molecular weight is 256 g/mol. The molecule has 98 valence electrons. The van der Waals surface area contributed by atoms with Crippen LogP contribution in [0.3, 0.4) is 0 Å². The van der Waals surface area contributed by atoms with Gasteiger partial charge in [0.15, 0.2) is 0 Å². The van der Waals surface area contributed by atoms with Crippen LogP contribution in [-0.4, -0.2) is 18.5 Å². The van der Waals surface area contributed by atoms with Crippen LogP contribution in [0.15, 0.2) is 6.07 Å². The maximum atomic E-state index is 12.0. The number of nitrogens with one attached hydrogen (secondary N) is 1. The Hall–Kier alpha value is -1.84. The van der Waals surface area contributed by atoms with Crippen LogP contribution in [0.25, 0.3) is 0 Å². The molecule has 3 amide bonds. The van der Waals surface area contributed by atoms with Crippen LogP contribution in [0.2, 0.25) is 0 Å². The summed E-state index contributed by atoms with van der Waals surface area (Å²) in [6.45, 7) is 0.136. The van der Waals surface area contributed by atoms with Gasteiger partial charge in [0, 0.05) is 0 Å². The molecule has 4 nitrogen and oxygen atoms in total. The monoisotopic (exact) mass is 256 g/mol. The SMILES string of the molecule is O=C1CNC(=O)N1c1c2c(cc3c1CCC3)CCC2. The quantitative estimate of drug-likeness (QED) is 0.778. The molecule has 0 atom stereocenters. The Kier molecular flexibility index (Phi) is 2.22. The molecule has 2 aliphatic carbocycles. The molecular formula is C15H16N2O2. The van der Waals surface area contributed by atoms with Crippen molar-refractivity contribution < 1.29 is 9.59 Å². The normalized spacial score (nSPS) is 20.7. The number of aryl methyl sites for hydroxylation is 2. The highest BCUT2D eigenvalue weighted by Crippen LogP contribution is 2.41. The Morgan fingerprint density at radius 3 is 2.11 bits per heavy atom. The molecule has 1 saturated heterocycles. The van der Waals surface area contributed by atoms with Crippen molar-refractivity contribution in [2.24, 2.45) is 0 Å². The molecule has 1 aromatic carbocycles. The molecule has 0 radical (unpaired) electrons. The first-order valence-corrected chi connectivity index (χ1v) is 7.03. The van der Waals surface area contributed by atoms with Gasteiger partial charge in [-0.1, -0.05) is 6.07 Å². The Balaban J connectivity index is 1.96. The minimum absolute atomic E-state index is 0.112. The highest BCUT2D eigenvalue weighted by Gasteiger charge is 2.36. The summed E-state index contributed by atoms with van der Waals surface area (Å²) >= 11 is 0. The number of carbonyl (C=O) groups excluding carboxylic acids is 2. The van der Waals surface area contributed by atoms with Crippen LogP contribution in [0.5, 0.6) is 0 Å². The minimum Gasteiger partial charge on any atom is -0.328 e. The molecule has 4 rings (SSSR count). The Morgan fingerprint density at radius 1 is 0.947 bits per heavy atom. The molecule has 19 heavy (non-hydrogen) atoms. The van der Waals surface area contributed by atoms with Crippen LogP contribution in [0.4, 0.5) is 10.5 Å². The third-order valence-corrected chi connectivity index (χ3v) is 4.51. The topological polar surface area (TPSA) is 49.4 Å². The standard InChI is InChI=1S/C15H16N2O2/c18-13-8-16-15(19)17(13)14-11-5-1-3-9(11)7-10-4-2-6-12(10)14/h7H,1-6,8H2,(H,16,19). The molecule has 4 heteroatoms. The Morgan fingerprint density at radius 2 is 1.58 bits per heavy atom. The van der Waals surface area contributed by atoms with E-state index in [4.69, 9.17) is 0 Å². The summed E-state index contributed by atoms with van der Waals surface area (Å²) in [5, 5.41) is 2.64. The van der Waals surface area contributed by atoms with E-state index >= 15 is 0 Å². The largest absolute Gasteiger partial charge is 0.329 e. The van der Waals surface area contributed by atoms with Crippen molar-refractivity contribution in [1.29, 1.82) is 0 Å². The molecule has 0 unspecified atom stereocenters. The molecule has 1 N–H and O–H groups in total. The number of benzene rings is 1. The van der Waals surface area contributed by atoms with E-state index < -0.39 is 0 Å². The van der Waals surface area contributed by atoms with Crippen LogP contribution in [0.1, 0.15) is 35.1 Å². The van der Waals surface area contributed by atoms with Gasteiger partial charge >= 0.3 is 6.03 Å². The first-order chi connectivity index (χ1) is 9.25. The van der Waals surface area contributed by atoms with Crippen molar-refractivity contribution in [2.75, 3.05) is 11.4 Å². The van der Waals surface area contributed by atoms with E-state index in [1.165, 1.54) is 27.2 Å². The van der Waals surface area contributed by atoms with Gasteiger partial charge < -0.3 is 5.32 Å². The van der Waals surface area contributed by atoms with Gasteiger partial charge in [-0.15, -0.1) is 0 Å². The zero-order valence-corrected chi connectivity index (χ0v) is 10.8. The van der Waals surface area contributed by atoms with Gasteiger partial charge in [-0.25, -0.2) is 9.69 Å². The van der Waals surface area contributed by atoms with Crippen molar-refractivity contribution in [1.82, 2.24) is 5.32 Å². The molecule has 0 aromatic heterocycles. The van der Waals surface area contributed by atoms with Gasteiger partial charge in [-0.05, 0) is 60.8 Å². The summed E-state index contributed by atoms with van der Waals surface area (Å²) in [5.41, 5.74) is 6.12. The van der Waals surface area contributed by atoms with Gasteiger partial charge in [0.1, 0.15) is 0 Å². The van der Waals surface area contributed by atoms with Crippen LogP contribution >= 0.6 is 0 Å². The fraction of sp³-hybridized carbons (Fsp3) is 0.467. The number of hydrogen-bond acceptors (Lipinski definition) is 2. The summed E-state index contributed by atoms with van der Waals surface area (Å²) < 4.78 is 0. The third kappa shape index (κ3) is 1.46. The lowest BCUT2D eigenvalue weighted by molar-refractivity contribution is -0.115. The van der Waals surface area contributed by atoms with E-state index in [-0.39, 0.29) is 18.5 Å². The molecule has 1 heterocycles. The summed E-state index contributed by atoms with van der Waals surface area (Å²) in [4.78, 5) is 25.4. The summed E-state index contributed by atoms with van der Waals surface area (Å²) in [5.74, 6) is -0.112. The van der Waals surface area contributed by atoms with E-state index in [2.05, 4.69) is 11.4 Å². The first-order valence-electron chi connectivity index (χ1n) is 7.03. The second-order valence-electron chi connectivity index (χ2n) is 5.60. The van der Waals surface area contributed by atoms with E-state index in [1.54, 1.807) is 0 Å². The van der Waals surface area contributed by atoms with Crippen LogP contribution < -0.4 is 10.2 Å². The van der Waals surface area contributed by atoms with Crippen LogP contribution in [-0.2, 0) is 30.5 Å². The van der Waals surface area contributed by atoms with Gasteiger partial charge in [0.25, 0.3) is 5.91 Å². The van der Waals surface area contributed by atoms with Gasteiger partial charge in [-0.3, -0.25) is 4.79 Å². The fourth-order valence-electron chi connectivity index (χ4n) is 3.70. The molecular weight excluding hydrogens is 240 g/mol. The van der Waals surface area contributed by atoms with Crippen molar-refractivity contribution in [3.05, 3.63) is 28.3 Å². The lowest BCUT2D eigenvalue weighted by Crippen LogP contribution is -2.32. The van der Waals surface area contributed by atoms with Crippen molar-refractivity contribution in [3.63, 3.8) is 0 Å². The number of nitrogens with zero attached hydrogens (tertiary/aromatic N) is 1. The number of rotatable bonds is 1. The maximum Gasteiger partial charge on any atom is 0.329 e. The van der Waals surface area contributed by atoms with Gasteiger partial charge in [0.05, 0.1) is 12.2 Å². The number of anilines is 1. The zero-order chi connectivity index (χ0) is 13.0. The second kappa shape index (κ2) is 3.83. The summed E-state index contributed by atoms with van der Waals surface area (Å²) in [6.07, 6.45) is 6.42. The summed E-state index contributed by atoms with van der Waals surface area (Å²) in [7, 11) is 0. The zero-order valence-electron chi connectivity index (χ0n) is 10.8. The number of carbonyl (C=O) groups is 2. The number of hydrogen-bond donors (Lipinski definition) is 1. The number of urea groups is 1. The molecule has 0 spiro atoms. The van der Waals surface area contributed by atoms with Crippen molar-refractivity contribution >= 4 is 17.6 Å². The van der Waals surface area contributed by atoms with E-state index in [1.807, 2.05) is 0 Å². The average Bonchev–Trinajstić information content (AvgIpc) is 3.08. The third-order valence-electron chi connectivity index (χ3n) is 4.51. The van der Waals surface area contributed by atoms with E-state index in [0.717, 1.165) is 44.2 Å². The fourth-order valence-corrected chi connectivity index (χ4v) is 3.70. The lowest BCUT2D eigenvalue weighted by atomic mass is 9.98. The number of imide groups is 1. The molecule has 0 saturated carbocycles. The van der Waals surface area contributed by atoms with Gasteiger partial charge in [-0.2, -0.15) is 0 Å². The molecule has 1 fully saturated rings. The van der Waals surface area contributed by atoms with Crippen LogP contribution in [0, 0.1) is 0 Å². The Bertz CT molecular complexity index is 558. The minimum atomic E-state index is -0.251. The van der Waals surface area contributed by atoms with E-state index in [0.29, 0.717) is 0 Å². The predicted octanol–water partition coefficient (Wildman–Crippen LogP) is 1.72. The highest BCUT2D eigenvalue weighted by atomic mass is 16.2. The molecule has 1 aliphatic heterocycles. The molecule has 3 aliphatic rings. The van der Waals surface area contributed by atoms with Gasteiger partial charge in [0.2, 0.25) is 0 Å². The smallest absolute Gasteiger partial charge is 0.328 e. The first kappa shape index (κ1) is 11.0. The predicted molar refractivity (Wildman–Crippen MR) is 71.4 cm³/mol. The molecule has 1 aromatic rings. The molecule has 0 bridgehead atoms. The summed E-state index contributed by atoms with van der Waals surface area (Å²) in [6, 6.07) is 2.06. The van der Waals surface area contributed by atoms with Crippen molar-refractivity contribution in [3.8, 4) is 0 Å². The van der Waals surface area contributed by atoms with Crippen molar-refractivity contribution in [2.45, 2.75) is 38.5 Å². The number of fused-ring (bicyclic) bond motifs is 2. The maximum absolute atomic E-state index is 12.0. The second-order valence-corrected chi connectivity index (χ2v) is 5.60. The van der Waals surface area contributed by atoms with E-state index in [9.17, 15) is 9.59 Å².